The average molecular weight is 448 g/mol. The lowest BCUT2D eigenvalue weighted by Gasteiger charge is -2.12. The number of carbonyl (C=O) groups is 2. The summed E-state index contributed by atoms with van der Waals surface area (Å²) in [6, 6.07) is 19.4. The van der Waals surface area contributed by atoms with Crippen molar-refractivity contribution in [2.75, 3.05) is 5.75 Å². The Balaban J connectivity index is 1.38. The Labute approximate surface area is 191 Å². The summed E-state index contributed by atoms with van der Waals surface area (Å²) >= 11 is 1.34. The number of thioether (sulfide) groups is 1. The molecular formula is C24H25N5O2S. The first kappa shape index (κ1) is 22.0. The number of hydrogen-bond acceptors (Lipinski definition) is 6. The van der Waals surface area contributed by atoms with Crippen LogP contribution in [0.3, 0.4) is 0 Å². The zero-order chi connectivity index (χ0) is 22.2. The summed E-state index contributed by atoms with van der Waals surface area (Å²) in [5.41, 5.74) is 3.34. The Morgan fingerprint density at radius 1 is 0.875 bits per heavy atom. The number of nitrogens with one attached hydrogen (secondary N) is 2. The van der Waals surface area contributed by atoms with Crippen LogP contribution in [-0.2, 0) is 4.79 Å². The molecule has 164 valence electrons. The maximum absolute atomic E-state index is 12.1. The van der Waals surface area contributed by atoms with E-state index in [1.165, 1.54) is 11.8 Å². The third kappa shape index (κ3) is 5.91. The number of imide groups is 1. The van der Waals surface area contributed by atoms with Crippen LogP contribution in [0.15, 0.2) is 65.8 Å². The molecule has 32 heavy (non-hydrogen) atoms. The van der Waals surface area contributed by atoms with Gasteiger partial charge >= 0.3 is 6.03 Å². The lowest BCUT2D eigenvalue weighted by Crippen LogP contribution is -2.43. The molecule has 2 aromatic carbocycles. The van der Waals surface area contributed by atoms with Crippen LogP contribution in [0.4, 0.5) is 4.79 Å². The average Bonchev–Trinajstić information content (AvgIpc) is 3.33. The highest BCUT2D eigenvalue weighted by Crippen LogP contribution is 2.29. The number of rotatable bonds is 7. The first-order valence-corrected chi connectivity index (χ1v) is 11.8. The van der Waals surface area contributed by atoms with Gasteiger partial charge in [0.25, 0.3) is 0 Å². The second-order valence-corrected chi connectivity index (χ2v) is 8.69. The number of benzene rings is 2. The minimum atomic E-state index is -0.414. The van der Waals surface area contributed by atoms with Crippen LogP contribution in [0.25, 0.3) is 22.5 Å². The second-order valence-electron chi connectivity index (χ2n) is 7.63. The monoisotopic (exact) mass is 447 g/mol. The Hall–Kier alpha value is -3.26. The molecule has 4 rings (SSSR count). The number of nitrogens with zero attached hydrogens (tertiary/aromatic N) is 3. The standard InChI is InChI=1S/C24H25N5O2S/c30-20(26-23(31)25-19-13-7-8-14-19)15-16-32-24-27-21(17-9-3-1-4-10-17)22(28-29-24)18-11-5-2-6-12-18/h1-6,9-12,19H,7-8,13-16H2,(H2,25,26,30,31). The Bertz CT molecular complexity index is 1060. The summed E-state index contributed by atoms with van der Waals surface area (Å²) in [5, 5.41) is 14.4. The predicted molar refractivity (Wildman–Crippen MR) is 125 cm³/mol. The van der Waals surface area contributed by atoms with Gasteiger partial charge in [-0.15, -0.1) is 10.2 Å². The van der Waals surface area contributed by atoms with E-state index in [4.69, 9.17) is 4.98 Å². The van der Waals surface area contributed by atoms with E-state index in [-0.39, 0.29) is 18.4 Å². The van der Waals surface area contributed by atoms with Crippen LogP contribution < -0.4 is 10.6 Å². The van der Waals surface area contributed by atoms with Gasteiger partial charge < -0.3 is 5.32 Å². The quantitative estimate of drug-likeness (QED) is 0.519. The molecule has 1 fully saturated rings. The topological polar surface area (TPSA) is 96.9 Å². The molecule has 0 spiro atoms. The fourth-order valence-corrected chi connectivity index (χ4v) is 4.40. The van der Waals surface area contributed by atoms with E-state index in [2.05, 4.69) is 20.8 Å². The molecule has 3 aromatic rings. The molecule has 1 aliphatic rings. The summed E-state index contributed by atoms with van der Waals surface area (Å²) in [4.78, 5) is 28.8. The van der Waals surface area contributed by atoms with E-state index < -0.39 is 6.03 Å². The fourth-order valence-electron chi connectivity index (χ4n) is 3.68. The van der Waals surface area contributed by atoms with E-state index in [1.807, 2.05) is 60.7 Å². The van der Waals surface area contributed by atoms with Gasteiger partial charge in [-0.25, -0.2) is 9.78 Å². The van der Waals surface area contributed by atoms with E-state index in [0.29, 0.717) is 16.6 Å². The molecule has 1 aliphatic carbocycles. The van der Waals surface area contributed by atoms with Gasteiger partial charge in [0, 0.05) is 29.3 Å². The first-order chi connectivity index (χ1) is 15.7. The van der Waals surface area contributed by atoms with Gasteiger partial charge in [-0.3, -0.25) is 10.1 Å². The molecule has 1 heterocycles. The third-order valence-corrected chi connectivity index (χ3v) is 6.10. The minimum absolute atomic E-state index is 0.177. The Morgan fingerprint density at radius 2 is 1.50 bits per heavy atom. The van der Waals surface area contributed by atoms with Crippen molar-refractivity contribution in [2.45, 2.75) is 43.3 Å². The van der Waals surface area contributed by atoms with Crippen LogP contribution >= 0.6 is 11.8 Å². The molecule has 1 saturated carbocycles. The van der Waals surface area contributed by atoms with Gasteiger partial charge in [-0.1, -0.05) is 85.3 Å². The summed E-state index contributed by atoms with van der Waals surface area (Å²) in [6.07, 6.45) is 4.39. The van der Waals surface area contributed by atoms with Crippen LogP contribution in [0.1, 0.15) is 32.1 Å². The van der Waals surface area contributed by atoms with Gasteiger partial charge in [0.15, 0.2) is 0 Å². The lowest BCUT2D eigenvalue weighted by molar-refractivity contribution is -0.119. The van der Waals surface area contributed by atoms with Gasteiger partial charge in [0.05, 0.1) is 0 Å². The largest absolute Gasteiger partial charge is 0.335 e. The molecule has 7 nitrogen and oxygen atoms in total. The molecule has 0 unspecified atom stereocenters. The number of urea groups is 1. The number of amides is 3. The first-order valence-electron chi connectivity index (χ1n) is 10.8. The van der Waals surface area contributed by atoms with Crippen molar-refractivity contribution < 1.29 is 9.59 Å². The van der Waals surface area contributed by atoms with Crippen LogP contribution in [0, 0.1) is 0 Å². The molecule has 1 aromatic heterocycles. The molecule has 2 N–H and O–H groups in total. The minimum Gasteiger partial charge on any atom is -0.335 e. The van der Waals surface area contributed by atoms with Crippen molar-refractivity contribution in [3.63, 3.8) is 0 Å². The number of carbonyl (C=O) groups excluding carboxylic acids is 2. The van der Waals surface area contributed by atoms with Gasteiger partial charge in [-0.05, 0) is 12.8 Å². The molecule has 0 atom stereocenters. The van der Waals surface area contributed by atoms with Crippen LogP contribution in [0.5, 0.6) is 0 Å². The Morgan fingerprint density at radius 3 is 2.16 bits per heavy atom. The lowest BCUT2D eigenvalue weighted by atomic mass is 10.0. The van der Waals surface area contributed by atoms with Gasteiger partial charge in [0.1, 0.15) is 11.4 Å². The van der Waals surface area contributed by atoms with E-state index in [0.717, 1.165) is 42.5 Å². The molecule has 8 heteroatoms. The van der Waals surface area contributed by atoms with Crippen LogP contribution in [-0.4, -0.2) is 38.9 Å². The zero-order valence-electron chi connectivity index (χ0n) is 17.7. The van der Waals surface area contributed by atoms with E-state index in [9.17, 15) is 9.59 Å². The van der Waals surface area contributed by atoms with Gasteiger partial charge in [0.2, 0.25) is 11.1 Å². The maximum Gasteiger partial charge on any atom is 0.321 e. The van der Waals surface area contributed by atoms with E-state index in [1.54, 1.807) is 0 Å². The normalized spacial score (nSPS) is 13.6. The zero-order valence-corrected chi connectivity index (χ0v) is 18.5. The SMILES string of the molecule is O=C(CCSc1nnc(-c2ccccc2)c(-c2ccccc2)n1)NC(=O)NC1CCCC1. The smallest absolute Gasteiger partial charge is 0.321 e. The van der Waals surface area contributed by atoms with Crippen molar-refractivity contribution in [3.05, 3.63) is 60.7 Å². The third-order valence-electron chi connectivity index (χ3n) is 5.27. The Kier molecular flexibility index (Phi) is 7.45. The van der Waals surface area contributed by atoms with E-state index >= 15 is 0 Å². The summed E-state index contributed by atoms with van der Waals surface area (Å²) in [7, 11) is 0. The molecule has 0 radical (unpaired) electrons. The van der Waals surface area contributed by atoms with Crippen molar-refractivity contribution in [1.82, 2.24) is 25.8 Å². The van der Waals surface area contributed by atoms with Crippen molar-refractivity contribution in [3.8, 4) is 22.5 Å². The maximum atomic E-state index is 12.1. The fraction of sp³-hybridized carbons (Fsp3) is 0.292. The van der Waals surface area contributed by atoms with Gasteiger partial charge in [-0.2, -0.15) is 0 Å². The predicted octanol–water partition coefficient (Wildman–Crippen LogP) is 4.46. The molecular weight excluding hydrogens is 422 g/mol. The van der Waals surface area contributed by atoms with Crippen LogP contribution in [0.2, 0.25) is 0 Å². The van der Waals surface area contributed by atoms with Crippen molar-refractivity contribution in [2.24, 2.45) is 0 Å². The number of hydrogen-bond donors (Lipinski definition) is 2. The number of aromatic nitrogens is 3. The van der Waals surface area contributed by atoms with Crippen molar-refractivity contribution in [1.29, 1.82) is 0 Å². The molecule has 0 bridgehead atoms. The molecule has 3 amide bonds. The summed E-state index contributed by atoms with van der Waals surface area (Å²) in [6.45, 7) is 0. The summed E-state index contributed by atoms with van der Waals surface area (Å²) < 4.78 is 0. The molecule has 0 saturated heterocycles. The highest BCUT2D eigenvalue weighted by atomic mass is 32.2. The highest BCUT2D eigenvalue weighted by molar-refractivity contribution is 7.99. The van der Waals surface area contributed by atoms with Crippen molar-refractivity contribution >= 4 is 23.7 Å². The summed E-state index contributed by atoms with van der Waals surface area (Å²) in [5.74, 6) is 0.133. The highest BCUT2D eigenvalue weighted by Gasteiger charge is 2.18. The second kappa shape index (κ2) is 10.9. The molecule has 0 aliphatic heterocycles.